The Kier molecular flexibility index (Phi) is 12.3. The van der Waals surface area contributed by atoms with Gasteiger partial charge >= 0.3 is 30.8 Å². The first-order valence-corrected chi connectivity index (χ1v) is 15.0. The smallest absolute Gasteiger partial charge is 0.484 e. The molecule has 1 aromatic heterocycles. The van der Waals surface area contributed by atoms with Crippen molar-refractivity contribution in [3.63, 3.8) is 0 Å². The van der Waals surface area contributed by atoms with Gasteiger partial charge in [-0.05, 0) is 69.9 Å². The van der Waals surface area contributed by atoms with Crippen molar-refractivity contribution < 1.29 is 63.6 Å². The minimum absolute atomic E-state index is 0.105. The summed E-state index contributed by atoms with van der Waals surface area (Å²) in [4.78, 5) is 11.2. The summed E-state index contributed by atoms with van der Waals surface area (Å²) in [6.07, 6.45) is -17.5. The van der Waals surface area contributed by atoms with Gasteiger partial charge < -0.3 is 14.0 Å². The largest absolute Gasteiger partial charge is 0.496 e. The molecule has 0 saturated heterocycles. The number of nitrogens with zero attached hydrogens (tertiary/aromatic N) is 1. The predicted octanol–water partition coefficient (Wildman–Crippen LogP) is 9.76. The fourth-order valence-electron chi connectivity index (χ4n) is 4.83. The molecule has 266 valence electrons. The maximum Gasteiger partial charge on any atom is 0.496 e. The molecule has 0 unspecified atom stereocenters. The molecule has 0 fully saturated rings. The van der Waals surface area contributed by atoms with E-state index in [0.717, 1.165) is 54.8 Å². The van der Waals surface area contributed by atoms with Crippen LogP contribution in [0.25, 0.3) is 22.2 Å². The van der Waals surface area contributed by atoms with E-state index in [4.69, 9.17) is 4.74 Å². The van der Waals surface area contributed by atoms with Gasteiger partial charge in [-0.3, -0.25) is 0 Å². The highest BCUT2D eigenvalue weighted by molar-refractivity contribution is 5.89. The second-order valence-electron chi connectivity index (χ2n) is 11.5. The van der Waals surface area contributed by atoms with E-state index < -0.39 is 44.0 Å². The number of aromatic nitrogens is 1. The van der Waals surface area contributed by atoms with Crippen molar-refractivity contribution in [2.75, 3.05) is 13.2 Å². The first-order valence-electron chi connectivity index (χ1n) is 15.0. The van der Waals surface area contributed by atoms with Crippen LogP contribution in [0.15, 0.2) is 54.6 Å². The lowest BCUT2D eigenvalue weighted by Crippen LogP contribution is -2.46. The molecule has 0 aliphatic rings. The van der Waals surface area contributed by atoms with E-state index in [1.807, 2.05) is 37.5 Å². The lowest BCUT2D eigenvalue weighted by atomic mass is 9.99. The minimum Gasteiger partial charge on any atom is -0.484 e. The Morgan fingerprint density at radius 2 is 1.48 bits per heavy atom. The lowest BCUT2D eigenvalue weighted by Gasteiger charge is -2.27. The summed E-state index contributed by atoms with van der Waals surface area (Å²) < 4.78 is 130. The van der Waals surface area contributed by atoms with Crippen LogP contribution in [0.3, 0.4) is 0 Å². The predicted molar refractivity (Wildman–Crippen MR) is 160 cm³/mol. The van der Waals surface area contributed by atoms with E-state index in [0.29, 0.717) is 5.52 Å². The Balaban J connectivity index is 1.72. The molecule has 0 aliphatic carbocycles. The molecule has 0 saturated carbocycles. The van der Waals surface area contributed by atoms with Crippen molar-refractivity contribution in [1.82, 2.24) is 4.57 Å². The van der Waals surface area contributed by atoms with Gasteiger partial charge in [-0.2, -0.15) is 17.6 Å². The average molecular weight is 696 g/mol. The number of halogens is 8. The zero-order chi connectivity index (χ0) is 36.1. The monoisotopic (exact) mass is 695 g/mol. The molecular weight excluding hydrogens is 658 g/mol. The van der Waals surface area contributed by atoms with Crippen molar-refractivity contribution in [3.8, 4) is 17.0 Å². The number of rotatable bonds is 18. The first kappa shape index (κ1) is 38.8. The van der Waals surface area contributed by atoms with Crippen LogP contribution in [0, 0.1) is 6.92 Å². The summed E-state index contributed by atoms with van der Waals surface area (Å²) in [6, 6.07) is 12.3. The zero-order valence-corrected chi connectivity index (χ0v) is 27.0. The van der Waals surface area contributed by atoms with Crippen molar-refractivity contribution in [2.45, 2.75) is 91.2 Å². The highest BCUT2D eigenvalue weighted by Crippen LogP contribution is 2.38. The highest BCUT2D eigenvalue weighted by atomic mass is 19.3. The van der Waals surface area contributed by atoms with Gasteiger partial charge in [-0.1, -0.05) is 44.5 Å². The first-order chi connectivity index (χ1) is 22.1. The van der Waals surface area contributed by atoms with E-state index in [1.165, 1.54) is 17.7 Å². The molecule has 15 heteroatoms. The van der Waals surface area contributed by atoms with Crippen LogP contribution < -0.4 is 4.74 Å². The second kappa shape index (κ2) is 15.2. The van der Waals surface area contributed by atoms with E-state index in [1.54, 1.807) is 6.07 Å². The Morgan fingerprint density at radius 1 is 0.854 bits per heavy atom. The van der Waals surface area contributed by atoms with E-state index in [2.05, 4.69) is 44.6 Å². The topological polar surface area (TPSA) is 68.2 Å². The summed E-state index contributed by atoms with van der Waals surface area (Å²) in [5.41, 5.74) is 4.25. The molecule has 0 spiro atoms. The standard InChI is InChI=1S/C33H37F8NO6/c1-7-8-9-10-23-11-14-26(22(6)15-23)28-16-24-12-13-25(17-27(24)42(28)21(4)5)44-18-30(34,35)46-32(38,39)48-33(40,41)47-31(36,37)19-45-29(43)20(2)3/h11-17,21H,2,7-10,18-19H2,1,3-6H3. The molecule has 0 radical (unpaired) electrons. The number of hydrogen-bond acceptors (Lipinski definition) is 6. The van der Waals surface area contributed by atoms with Crippen LogP contribution in [0.5, 0.6) is 5.75 Å². The van der Waals surface area contributed by atoms with E-state index in [-0.39, 0.29) is 17.4 Å². The molecule has 0 bridgehead atoms. The molecule has 48 heavy (non-hydrogen) atoms. The number of hydrogen-bond donors (Lipinski definition) is 0. The number of esters is 1. The highest BCUT2D eigenvalue weighted by Gasteiger charge is 2.57. The molecule has 3 rings (SSSR count). The van der Waals surface area contributed by atoms with Crippen molar-refractivity contribution >= 4 is 16.9 Å². The molecule has 0 aliphatic heterocycles. The van der Waals surface area contributed by atoms with Gasteiger partial charge in [0.2, 0.25) is 0 Å². The van der Waals surface area contributed by atoms with E-state index in [9.17, 15) is 39.9 Å². The molecular formula is C33H37F8NO6. The van der Waals surface area contributed by atoms with Gasteiger partial charge in [0.25, 0.3) is 0 Å². The molecule has 0 amide bonds. The number of aryl methyl sites for hydroxylation is 2. The van der Waals surface area contributed by atoms with Crippen LogP contribution in [-0.2, 0) is 30.2 Å². The number of unbranched alkanes of at least 4 members (excludes halogenated alkanes) is 2. The summed E-state index contributed by atoms with van der Waals surface area (Å²) in [5, 5.41) is 0.730. The van der Waals surface area contributed by atoms with Gasteiger partial charge in [0.1, 0.15) is 5.75 Å². The SMILES string of the molecule is C=C(C)C(=O)OCC(F)(F)OC(F)(F)OC(F)(F)OC(F)(F)COc1ccc2cc(-c3ccc(CCCCC)cc3C)n(C(C)C)c2c1. The molecule has 0 atom stereocenters. The van der Waals surface area contributed by atoms with Crippen LogP contribution in [0.4, 0.5) is 35.1 Å². The quantitative estimate of drug-likeness (QED) is 0.0434. The number of fused-ring (bicyclic) bond motifs is 1. The third kappa shape index (κ3) is 10.9. The normalized spacial score (nSPS) is 13.0. The molecule has 3 aromatic rings. The number of carbonyl (C=O) groups excluding carboxylic acids is 1. The molecule has 7 nitrogen and oxygen atoms in total. The zero-order valence-electron chi connectivity index (χ0n) is 27.0. The third-order valence-corrected chi connectivity index (χ3v) is 6.87. The Labute approximate surface area is 272 Å². The van der Waals surface area contributed by atoms with Gasteiger partial charge in [-0.15, -0.1) is 17.6 Å². The van der Waals surface area contributed by atoms with Crippen LogP contribution >= 0.6 is 0 Å². The Hall–Kier alpha value is -3.69. The second-order valence-corrected chi connectivity index (χ2v) is 11.5. The van der Waals surface area contributed by atoms with Crippen molar-refractivity contribution in [3.05, 3.63) is 65.7 Å². The van der Waals surface area contributed by atoms with Crippen molar-refractivity contribution in [2.24, 2.45) is 0 Å². The number of alkyl halides is 8. The molecule has 1 heterocycles. The summed E-state index contributed by atoms with van der Waals surface area (Å²) >= 11 is 0. The Bertz CT molecular complexity index is 1590. The average Bonchev–Trinajstić information content (AvgIpc) is 3.32. The minimum atomic E-state index is -5.88. The van der Waals surface area contributed by atoms with Crippen LogP contribution in [-0.4, -0.2) is 48.6 Å². The summed E-state index contributed by atoms with van der Waals surface area (Å²) in [5.74, 6) is -1.62. The van der Waals surface area contributed by atoms with Gasteiger partial charge in [-0.25, -0.2) is 19.0 Å². The third-order valence-electron chi connectivity index (χ3n) is 6.87. The van der Waals surface area contributed by atoms with Crippen molar-refractivity contribution in [1.29, 1.82) is 0 Å². The number of benzene rings is 2. The molecule has 0 N–H and O–H groups in total. The van der Waals surface area contributed by atoms with Gasteiger partial charge in [0, 0.05) is 34.3 Å². The molecule has 2 aromatic carbocycles. The lowest BCUT2D eigenvalue weighted by molar-refractivity contribution is -0.574. The maximum absolute atomic E-state index is 14.3. The number of ether oxygens (including phenoxy) is 5. The van der Waals surface area contributed by atoms with Crippen LogP contribution in [0.2, 0.25) is 0 Å². The van der Waals surface area contributed by atoms with Gasteiger partial charge in [0.05, 0.1) is 5.52 Å². The summed E-state index contributed by atoms with van der Waals surface area (Å²) in [6.45, 7) is 8.03. The Morgan fingerprint density at radius 3 is 2.04 bits per heavy atom. The van der Waals surface area contributed by atoms with Crippen LogP contribution in [0.1, 0.15) is 64.1 Å². The summed E-state index contributed by atoms with van der Waals surface area (Å²) in [7, 11) is 0. The van der Waals surface area contributed by atoms with Gasteiger partial charge in [0.15, 0.2) is 13.2 Å². The maximum atomic E-state index is 14.3. The fraction of sp³-hybridized carbons (Fsp3) is 0.485. The van der Waals surface area contributed by atoms with E-state index >= 15 is 0 Å². The fourth-order valence-corrected chi connectivity index (χ4v) is 4.83. The number of carbonyl (C=O) groups is 1.